The molecule has 0 aliphatic heterocycles. The molecule has 0 saturated heterocycles. The minimum Gasteiger partial charge on any atom is -0.491 e. The molecule has 0 aromatic heterocycles. The minimum atomic E-state index is 0.0640. The van der Waals surface area contributed by atoms with Gasteiger partial charge >= 0.3 is 0 Å². The number of carbonyl (C=O) groups excluding carboxylic acids is 1. The van der Waals surface area contributed by atoms with Crippen LogP contribution < -0.4 is 10.1 Å². The Hall–Kier alpha value is -1.55. The van der Waals surface area contributed by atoms with Crippen molar-refractivity contribution in [1.82, 2.24) is 5.32 Å². The van der Waals surface area contributed by atoms with E-state index in [0.717, 1.165) is 37.0 Å². The molecular formula is C18H27NO3. The molecule has 0 atom stereocenters. The van der Waals surface area contributed by atoms with Crippen LogP contribution in [0.3, 0.4) is 0 Å². The topological polar surface area (TPSA) is 58.6 Å². The zero-order valence-electron chi connectivity index (χ0n) is 13.5. The van der Waals surface area contributed by atoms with Gasteiger partial charge in [-0.2, -0.15) is 0 Å². The number of hydrogen-bond acceptors (Lipinski definition) is 3. The Labute approximate surface area is 132 Å². The fourth-order valence-corrected chi connectivity index (χ4v) is 2.95. The lowest BCUT2D eigenvalue weighted by atomic mass is 9.86. The molecule has 1 aliphatic carbocycles. The second kappa shape index (κ2) is 8.18. The lowest BCUT2D eigenvalue weighted by molar-refractivity contribution is -0.121. The fourth-order valence-electron chi connectivity index (χ4n) is 2.95. The first kappa shape index (κ1) is 16.8. The summed E-state index contributed by atoms with van der Waals surface area (Å²) < 4.78 is 5.66. The average molecular weight is 305 g/mol. The SMILES string of the molecule is CC(C)Oc1cccc(CC(=O)NC2CCC(CO)CC2)c1. The van der Waals surface area contributed by atoms with Crippen LogP contribution in [0.1, 0.15) is 45.1 Å². The fraction of sp³-hybridized carbons (Fsp3) is 0.611. The largest absolute Gasteiger partial charge is 0.491 e. The number of aliphatic hydroxyl groups excluding tert-OH is 1. The Morgan fingerprint density at radius 1 is 1.32 bits per heavy atom. The van der Waals surface area contributed by atoms with E-state index in [1.807, 2.05) is 38.1 Å². The predicted molar refractivity (Wildman–Crippen MR) is 86.9 cm³/mol. The van der Waals surface area contributed by atoms with Crippen LogP contribution in [-0.2, 0) is 11.2 Å². The van der Waals surface area contributed by atoms with Crippen molar-refractivity contribution in [2.45, 2.75) is 58.1 Å². The summed E-state index contributed by atoms with van der Waals surface area (Å²) >= 11 is 0. The first-order valence-electron chi connectivity index (χ1n) is 8.22. The number of nitrogens with one attached hydrogen (secondary N) is 1. The molecule has 1 aromatic rings. The lowest BCUT2D eigenvalue weighted by Crippen LogP contribution is -2.38. The van der Waals surface area contributed by atoms with E-state index >= 15 is 0 Å². The van der Waals surface area contributed by atoms with E-state index in [1.54, 1.807) is 0 Å². The number of ether oxygens (including phenoxy) is 1. The van der Waals surface area contributed by atoms with Crippen LogP contribution in [0.25, 0.3) is 0 Å². The predicted octanol–water partition coefficient (Wildman–Crippen LogP) is 2.68. The Morgan fingerprint density at radius 3 is 2.68 bits per heavy atom. The number of hydrogen-bond donors (Lipinski definition) is 2. The second-order valence-electron chi connectivity index (χ2n) is 6.46. The molecule has 1 saturated carbocycles. The molecule has 2 N–H and O–H groups in total. The van der Waals surface area contributed by atoms with E-state index in [1.165, 1.54) is 0 Å². The molecule has 1 aliphatic rings. The molecular weight excluding hydrogens is 278 g/mol. The molecule has 4 nitrogen and oxygen atoms in total. The van der Waals surface area contributed by atoms with Gasteiger partial charge < -0.3 is 15.2 Å². The van der Waals surface area contributed by atoms with Gasteiger partial charge in [0.15, 0.2) is 0 Å². The maximum atomic E-state index is 12.2. The standard InChI is InChI=1S/C18H27NO3/c1-13(2)22-17-5-3-4-15(10-17)11-18(21)19-16-8-6-14(12-20)7-9-16/h3-5,10,13-14,16,20H,6-9,11-12H2,1-2H3,(H,19,21). The van der Waals surface area contributed by atoms with E-state index in [9.17, 15) is 4.79 Å². The third kappa shape index (κ3) is 5.34. The van der Waals surface area contributed by atoms with Gasteiger partial charge in [-0.1, -0.05) is 12.1 Å². The average Bonchev–Trinajstić information content (AvgIpc) is 2.47. The van der Waals surface area contributed by atoms with Gasteiger partial charge in [0.25, 0.3) is 0 Å². The van der Waals surface area contributed by atoms with E-state index in [4.69, 9.17) is 9.84 Å². The number of carbonyl (C=O) groups is 1. The molecule has 0 unspecified atom stereocenters. The summed E-state index contributed by atoms with van der Waals surface area (Å²) in [6.45, 7) is 4.24. The van der Waals surface area contributed by atoms with E-state index < -0.39 is 0 Å². The summed E-state index contributed by atoms with van der Waals surface area (Å²) in [5.41, 5.74) is 0.972. The minimum absolute atomic E-state index is 0.0640. The van der Waals surface area contributed by atoms with Gasteiger partial charge in [0, 0.05) is 12.6 Å². The summed E-state index contributed by atoms with van der Waals surface area (Å²) in [6, 6.07) is 7.98. The van der Waals surface area contributed by atoms with Crippen molar-refractivity contribution in [3.8, 4) is 5.75 Å². The Morgan fingerprint density at radius 2 is 2.05 bits per heavy atom. The highest BCUT2D eigenvalue weighted by Crippen LogP contribution is 2.23. The lowest BCUT2D eigenvalue weighted by Gasteiger charge is -2.28. The Balaban J connectivity index is 1.82. The molecule has 0 bridgehead atoms. The van der Waals surface area contributed by atoms with Crippen molar-refractivity contribution in [2.24, 2.45) is 5.92 Å². The first-order chi connectivity index (χ1) is 10.6. The summed E-state index contributed by atoms with van der Waals surface area (Å²) in [6.07, 6.45) is 4.44. The van der Waals surface area contributed by atoms with Crippen molar-refractivity contribution in [2.75, 3.05) is 6.61 Å². The number of benzene rings is 1. The summed E-state index contributed by atoms with van der Waals surface area (Å²) in [5, 5.41) is 12.3. The molecule has 1 amide bonds. The third-order valence-corrected chi connectivity index (χ3v) is 4.10. The number of amides is 1. The Kier molecular flexibility index (Phi) is 6.25. The van der Waals surface area contributed by atoms with E-state index in [0.29, 0.717) is 12.3 Å². The highest BCUT2D eigenvalue weighted by atomic mass is 16.5. The molecule has 0 spiro atoms. The zero-order valence-corrected chi connectivity index (χ0v) is 13.5. The van der Waals surface area contributed by atoms with Gasteiger partial charge in [0.2, 0.25) is 5.91 Å². The van der Waals surface area contributed by atoms with Gasteiger partial charge in [-0.05, 0) is 63.1 Å². The van der Waals surface area contributed by atoms with Gasteiger partial charge in [-0.15, -0.1) is 0 Å². The molecule has 0 heterocycles. The quantitative estimate of drug-likeness (QED) is 0.849. The number of rotatable bonds is 6. The maximum absolute atomic E-state index is 12.2. The van der Waals surface area contributed by atoms with Gasteiger partial charge in [0.05, 0.1) is 12.5 Å². The molecule has 122 valence electrons. The van der Waals surface area contributed by atoms with Crippen LogP contribution in [0.5, 0.6) is 5.75 Å². The molecule has 1 fully saturated rings. The summed E-state index contributed by atoms with van der Waals surface area (Å²) in [7, 11) is 0. The maximum Gasteiger partial charge on any atom is 0.224 e. The van der Waals surface area contributed by atoms with Crippen molar-refractivity contribution in [1.29, 1.82) is 0 Å². The van der Waals surface area contributed by atoms with Gasteiger partial charge in [-0.25, -0.2) is 0 Å². The molecule has 2 rings (SSSR count). The van der Waals surface area contributed by atoms with Gasteiger partial charge in [-0.3, -0.25) is 4.79 Å². The van der Waals surface area contributed by atoms with Crippen molar-refractivity contribution < 1.29 is 14.6 Å². The third-order valence-electron chi connectivity index (χ3n) is 4.10. The molecule has 0 radical (unpaired) electrons. The normalized spacial score (nSPS) is 21.6. The number of aliphatic hydroxyl groups is 1. The summed E-state index contributed by atoms with van der Waals surface area (Å²) in [5.74, 6) is 1.29. The second-order valence-corrected chi connectivity index (χ2v) is 6.46. The zero-order chi connectivity index (χ0) is 15.9. The van der Waals surface area contributed by atoms with Crippen LogP contribution in [0, 0.1) is 5.92 Å². The van der Waals surface area contributed by atoms with Crippen molar-refractivity contribution in [3.63, 3.8) is 0 Å². The molecule has 1 aromatic carbocycles. The van der Waals surface area contributed by atoms with Crippen molar-refractivity contribution >= 4 is 5.91 Å². The van der Waals surface area contributed by atoms with Crippen LogP contribution in [0.2, 0.25) is 0 Å². The van der Waals surface area contributed by atoms with Crippen LogP contribution in [0.4, 0.5) is 0 Å². The molecule has 4 heteroatoms. The Bertz CT molecular complexity index is 479. The summed E-state index contributed by atoms with van der Waals surface area (Å²) in [4.78, 5) is 12.2. The molecule has 22 heavy (non-hydrogen) atoms. The highest BCUT2D eigenvalue weighted by Gasteiger charge is 2.21. The first-order valence-corrected chi connectivity index (χ1v) is 8.22. The van der Waals surface area contributed by atoms with E-state index in [2.05, 4.69) is 5.32 Å². The highest BCUT2D eigenvalue weighted by molar-refractivity contribution is 5.79. The smallest absolute Gasteiger partial charge is 0.224 e. The van der Waals surface area contributed by atoms with Gasteiger partial charge in [0.1, 0.15) is 5.75 Å². The van der Waals surface area contributed by atoms with Crippen LogP contribution in [0.15, 0.2) is 24.3 Å². The monoisotopic (exact) mass is 305 g/mol. The van der Waals surface area contributed by atoms with Crippen LogP contribution >= 0.6 is 0 Å². The van der Waals surface area contributed by atoms with Crippen molar-refractivity contribution in [3.05, 3.63) is 29.8 Å². The van der Waals surface area contributed by atoms with E-state index in [-0.39, 0.29) is 24.7 Å². The van der Waals surface area contributed by atoms with Crippen LogP contribution in [-0.4, -0.2) is 29.8 Å².